The molecule has 0 aliphatic rings. The van der Waals surface area contributed by atoms with E-state index < -0.39 is 5.41 Å². The van der Waals surface area contributed by atoms with E-state index in [1.807, 2.05) is 122 Å². The van der Waals surface area contributed by atoms with E-state index in [0.29, 0.717) is 45.6 Å². The van der Waals surface area contributed by atoms with Crippen LogP contribution in [0.4, 0.5) is 0 Å². The normalized spacial score (nSPS) is 12.3. The lowest BCUT2D eigenvalue weighted by Crippen LogP contribution is -2.25. The second-order valence-electron chi connectivity index (χ2n) is 14.6. The molecule has 1 unspecified atom stereocenters. The second-order valence-corrected chi connectivity index (χ2v) is 14.6. The molecule has 0 bridgehead atoms. The Morgan fingerprint density at radius 3 is 1.26 bits per heavy atom. The molecule has 6 aromatic carbocycles. The van der Waals surface area contributed by atoms with Crippen molar-refractivity contribution in [2.24, 2.45) is 0 Å². The van der Waals surface area contributed by atoms with Gasteiger partial charge in [-0.05, 0) is 30.5 Å². The summed E-state index contributed by atoms with van der Waals surface area (Å²) >= 11 is 0. The average molecular weight is 785 g/mol. The van der Waals surface area contributed by atoms with Crippen LogP contribution in [0.1, 0.15) is 47.4 Å². The standard InChI is InChI=1S/C55H40N6/c1-4-18-38(19-5-2)49-47(36-56)50(39-20-10-6-11-21-39)59-53(58-49)42-28-32-45(33-29-42)55(3,44-26-16-9-17-27-44)46-34-30-43(31-35-46)54-60-51(40-22-12-7-13-23-40)48(37-57)52(61-54)41-24-14-8-15-25-41/h4-35H,1H2,2-3H3/b19-5-,38-18+. The molecule has 0 aliphatic carbocycles. The monoisotopic (exact) mass is 784 g/mol. The van der Waals surface area contributed by atoms with Crippen molar-refractivity contribution in [2.45, 2.75) is 19.3 Å². The van der Waals surface area contributed by atoms with Crippen molar-refractivity contribution in [1.82, 2.24) is 19.9 Å². The molecular weight excluding hydrogens is 745 g/mol. The molecule has 0 amide bonds. The van der Waals surface area contributed by atoms with Gasteiger partial charge in [-0.2, -0.15) is 10.5 Å². The van der Waals surface area contributed by atoms with E-state index in [4.69, 9.17) is 19.9 Å². The first-order valence-corrected chi connectivity index (χ1v) is 20.0. The van der Waals surface area contributed by atoms with E-state index in [9.17, 15) is 10.5 Å². The summed E-state index contributed by atoms with van der Waals surface area (Å²) in [5.74, 6) is 1.04. The minimum Gasteiger partial charge on any atom is -0.227 e. The highest BCUT2D eigenvalue weighted by atomic mass is 14.9. The zero-order chi connectivity index (χ0) is 42.2. The molecule has 0 saturated carbocycles. The summed E-state index contributed by atoms with van der Waals surface area (Å²) in [5, 5.41) is 20.9. The Balaban J connectivity index is 1.23. The molecule has 8 aromatic rings. The number of rotatable bonds is 11. The molecule has 6 heteroatoms. The van der Waals surface area contributed by atoms with Crippen LogP contribution in [0.2, 0.25) is 0 Å². The van der Waals surface area contributed by atoms with Crippen molar-refractivity contribution in [2.75, 3.05) is 0 Å². The zero-order valence-electron chi connectivity index (χ0n) is 33.9. The largest absolute Gasteiger partial charge is 0.227 e. The van der Waals surface area contributed by atoms with Gasteiger partial charge in [-0.15, -0.1) is 0 Å². The number of nitriles is 2. The van der Waals surface area contributed by atoms with Crippen LogP contribution in [0.25, 0.3) is 62.1 Å². The number of hydrogen-bond donors (Lipinski definition) is 0. The Hall–Kier alpha value is -8.32. The maximum atomic E-state index is 10.4. The minimum absolute atomic E-state index is 0.400. The van der Waals surface area contributed by atoms with Crippen molar-refractivity contribution < 1.29 is 0 Å². The Bertz CT molecular complexity index is 2920. The quantitative estimate of drug-likeness (QED) is 0.0956. The van der Waals surface area contributed by atoms with Gasteiger partial charge >= 0.3 is 0 Å². The molecule has 2 heterocycles. The van der Waals surface area contributed by atoms with Crippen LogP contribution in [-0.4, -0.2) is 19.9 Å². The lowest BCUT2D eigenvalue weighted by molar-refractivity contribution is 0.692. The molecule has 1 atom stereocenters. The van der Waals surface area contributed by atoms with Gasteiger partial charge in [-0.1, -0.05) is 201 Å². The minimum atomic E-state index is -0.564. The maximum Gasteiger partial charge on any atom is 0.160 e. The van der Waals surface area contributed by atoms with Gasteiger partial charge in [-0.3, -0.25) is 0 Å². The lowest BCUT2D eigenvalue weighted by Gasteiger charge is -2.32. The first-order chi connectivity index (χ1) is 30.0. The van der Waals surface area contributed by atoms with Crippen molar-refractivity contribution in [3.05, 3.63) is 234 Å². The van der Waals surface area contributed by atoms with Crippen molar-refractivity contribution in [3.63, 3.8) is 0 Å². The van der Waals surface area contributed by atoms with Gasteiger partial charge in [0, 0.05) is 38.8 Å². The third-order valence-corrected chi connectivity index (χ3v) is 10.9. The fourth-order valence-corrected chi connectivity index (χ4v) is 7.71. The Morgan fingerprint density at radius 2 is 0.869 bits per heavy atom. The predicted molar refractivity (Wildman–Crippen MR) is 246 cm³/mol. The predicted octanol–water partition coefficient (Wildman–Crippen LogP) is 12.8. The van der Waals surface area contributed by atoms with Crippen LogP contribution in [0.5, 0.6) is 0 Å². The van der Waals surface area contributed by atoms with Gasteiger partial charge in [0.05, 0.1) is 22.8 Å². The SMILES string of the molecule is C=C/C=C(\C=C/C)c1nc(-c2ccc(C(C)(c3ccccc3)c3ccc(-c4nc(-c5ccccc5)c(C#N)c(-c5ccccc5)n4)cc3)cc2)nc(-c2ccccc2)c1C#N. The van der Waals surface area contributed by atoms with E-state index in [2.05, 4.69) is 98.4 Å². The molecule has 290 valence electrons. The molecule has 61 heavy (non-hydrogen) atoms. The molecule has 0 saturated heterocycles. The van der Waals surface area contributed by atoms with Crippen molar-refractivity contribution in [1.29, 1.82) is 10.5 Å². The summed E-state index contributed by atoms with van der Waals surface area (Å²) in [5.41, 5.74) is 10.8. The number of benzene rings is 6. The third kappa shape index (κ3) is 7.82. The highest BCUT2D eigenvalue weighted by Gasteiger charge is 2.32. The Morgan fingerprint density at radius 1 is 0.492 bits per heavy atom. The Kier molecular flexibility index (Phi) is 11.4. The molecule has 2 aromatic heterocycles. The summed E-state index contributed by atoms with van der Waals surface area (Å²) < 4.78 is 0. The van der Waals surface area contributed by atoms with Gasteiger partial charge in [0.15, 0.2) is 11.6 Å². The van der Waals surface area contributed by atoms with Crippen molar-refractivity contribution >= 4 is 5.57 Å². The van der Waals surface area contributed by atoms with Gasteiger partial charge in [-0.25, -0.2) is 19.9 Å². The molecule has 0 radical (unpaired) electrons. The van der Waals surface area contributed by atoms with Crippen LogP contribution in [0.15, 0.2) is 201 Å². The molecule has 6 nitrogen and oxygen atoms in total. The summed E-state index contributed by atoms with van der Waals surface area (Å²) in [4.78, 5) is 20.1. The van der Waals surface area contributed by atoms with Crippen LogP contribution >= 0.6 is 0 Å². The van der Waals surface area contributed by atoms with E-state index >= 15 is 0 Å². The number of aromatic nitrogens is 4. The molecule has 0 N–H and O–H groups in total. The van der Waals surface area contributed by atoms with Gasteiger partial charge in [0.25, 0.3) is 0 Å². The topological polar surface area (TPSA) is 99.1 Å². The van der Waals surface area contributed by atoms with Gasteiger partial charge in [0.2, 0.25) is 0 Å². The van der Waals surface area contributed by atoms with E-state index in [-0.39, 0.29) is 0 Å². The Labute approximate surface area is 356 Å². The maximum absolute atomic E-state index is 10.4. The van der Waals surface area contributed by atoms with Crippen molar-refractivity contribution in [3.8, 4) is 68.7 Å². The third-order valence-electron chi connectivity index (χ3n) is 10.9. The fourth-order valence-electron chi connectivity index (χ4n) is 7.71. The fraction of sp³-hybridized carbons (Fsp3) is 0.0545. The van der Waals surface area contributed by atoms with Gasteiger partial charge < -0.3 is 0 Å². The average Bonchev–Trinajstić information content (AvgIpc) is 3.34. The van der Waals surface area contributed by atoms with E-state index in [0.717, 1.165) is 50.1 Å². The van der Waals surface area contributed by atoms with E-state index in [1.54, 1.807) is 6.08 Å². The summed E-state index contributed by atoms with van der Waals surface area (Å²) in [6, 6.07) is 61.4. The summed E-state index contributed by atoms with van der Waals surface area (Å²) in [6.07, 6.45) is 7.42. The molecule has 0 aliphatic heterocycles. The smallest absolute Gasteiger partial charge is 0.160 e. The molecule has 0 spiro atoms. The molecular formula is C55H40N6. The number of allylic oxidation sites excluding steroid dienone is 5. The number of hydrogen-bond acceptors (Lipinski definition) is 6. The summed E-state index contributed by atoms with van der Waals surface area (Å²) in [7, 11) is 0. The lowest BCUT2D eigenvalue weighted by atomic mass is 9.71. The zero-order valence-corrected chi connectivity index (χ0v) is 33.9. The molecule has 8 rings (SSSR count). The van der Waals surface area contributed by atoms with Crippen LogP contribution < -0.4 is 0 Å². The van der Waals surface area contributed by atoms with Crippen LogP contribution in [0.3, 0.4) is 0 Å². The summed E-state index contributed by atoms with van der Waals surface area (Å²) in [6.45, 7) is 8.08. The highest BCUT2D eigenvalue weighted by Crippen LogP contribution is 2.41. The first-order valence-electron chi connectivity index (χ1n) is 20.0. The van der Waals surface area contributed by atoms with E-state index in [1.165, 1.54) is 0 Å². The number of nitrogens with zero attached hydrogens (tertiary/aromatic N) is 6. The second kappa shape index (κ2) is 17.7. The van der Waals surface area contributed by atoms with Gasteiger partial charge in [0.1, 0.15) is 23.3 Å². The van der Waals surface area contributed by atoms with Crippen LogP contribution in [0, 0.1) is 22.7 Å². The first kappa shape index (κ1) is 39.5. The highest BCUT2D eigenvalue weighted by molar-refractivity contribution is 5.83. The van der Waals surface area contributed by atoms with Crippen LogP contribution in [-0.2, 0) is 5.41 Å². The molecule has 0 fully saturated rings.